The van der Waals surface area contributed by atoms with Crippen LogP contribution >= 0.6 is 11.3 Å². The highest BCUT2D eigenvalue weighted by Crippen LogP contribution is 2.19. The van der Waals surface area contributed by atoms with Crippen molar-refractivity contribution in [2.75, 3.05) is 5.73 Å². The predicted molar refractivity (Wildman–Crippen MR) is 77.9 cm³/mol. The van der Waals surface area contributed by atoms with Gasteiger partial charge >= 0.3 is 0 Å². The highest BCUT2D eigenvalue weighted by molar-refractivity contribution is 7.07. The van der Waals surface area contributed by atoms with Gasteiger partial charge in [0.2, 0.25) is 0 Å². The zero-order valence-corrected chi connectivity index (χ0v) is 11.2. The zero-order valence-electron chi connectivity index (χ0n) is 10.4. The first-order chi connectivity index (χ1) is 9.33. The van der Waals surface area contributed by atoms with E-state index in [-0.39, 0.29) is 0 Å². The third-order valence-electron chi connectivity index (χ3n) is 3.02. The van der Waals surface area contributed by atoms with Gasteiger partial charge < -0.3 is 10.3 Å². The second-order valence-corrected chi connectivity index (χ2v) is 5.11. The third kappa shape index (κ3) is 2.66. The Hall–Kier alpha value is -2.14. The number of imidazole rings is 1. The van der Waals surface area contributed by atoms with Crippen LogP contribution in [0.5, 0.6) is 0 Å². The average molecular weight is 270 g/mol. The molecule has 3 heterocycles. The van der Waals surface area contributed by atoms with E-state index in [4.69, 9.17) is 5.73 Å². The van der Waals surface area contributed by atoms with E-state index in [0.717, 1.165) is 24.2 Å². The van der Waals surface area contributed by atoms with Crippen molar-refractivity contribution in [2.24, 2.45) is 0 Å². The number of anilines is 1. The second-order valence-electron chi connectivity index (χ2n) is 4.33. The lowest BCUT2D eigenvalue weighted by Crippen LogP contribution is -2.01. The Morgan fingerprint density at radius 3 is 2.89 bits per heavy atom. The van der Waals surface area contributed by atoms with Crippen molar-refractivity contribution in [3.8, 4) is 11.3 Å². The van der Waals surface area contributed by atoms with Crippen LogP contribution in [0.15, 0.2) is 47.7 Å². The molecule has 0 atom stereocenters. The highest BCUT2D eigenvalue weighted by atomic mass is 32.1. The molecular weight excluding hydrogens is 256 g/mol. The van der Waals surface area contributed by atoms with E-state index in [9.17, 15) is 0 Å². The summed E-state index contributed by atoms with van der Waals surface area (Å²) in [4.78, 5) is 8.35. The molecule has 3 aromatic rings. The summed E-state index contributed by atoms with van der Waals surface area (Å²) in [5, 5.41) is 4.29. The number of pyridine rings is 1. The van der Waals surface area contributed by atoms with Crippen molar-refractivity contribution in [2.45, 2.75) is 13.0 Å². The van der Waals surface area contributed by atoms with Gasteiger partial charge in [0.1, 0.15) is 5.82 Å². The molecule has 5 heteroatoms. The quantitative estimate of drug-likeness (QED) is 0.793. The van der Waals surface area contributed by atoms with Gasteiger partial charge in [0.05, 0.1) is 18.2 Å². The Bertz CT molecular complexity index is 640. The SMILES string of the molecule is Nc1ccc(-c2cncn2CCc2ccsc2)cn1. The zero-order chi connectivity index (χ0) is 13.1. The highest BCUT2D eigenvalue weighted by Gasteiger charge is 2.05. The second kappa shape index (κ2) is 5.24. The lowest BCUT2D eigenvalue weighted by atomic mass is 10.2. The number of thiophene rings is 1. The maximum atomic E-state index is 5.61. The molecule has 0 aliphatic heterocycles. The van der Waals surface area contributed by atoms with Gasteiger partial charge in [-0.2, -0.15) is 11.3 Å². The van der Waals surface area contributed by atoms with Crippen LogP contribution in [0, 0.1) is 0 Å². The number of hydrogen-bond donors (Lipinski definition) is 1. The molecular formula is C14H14N4S. The van der Waals surface area contributed by atoms with Crippen LogP contribution < -0.4 is 5.73 Å². The molecule has 3 rings (SSSR count). The minimum absolute atomic E-state index is 0.535. The summed E-state index contributed by atoms with van der Waals surface area (Å²) in [6.07, 6.45) is 6.52. The molecule has 3 aromatic heterocycles. The van der Waals surface area contributed by atoms with E-state index in [1.165, 1.54) is 5.56 Å². The predicted octanol–water partition coefficient (Wildman–Crippen LogP) is 2.83. The molecule has 0 unspecified atom stereocenters. The Balaban J connectivity index is 1.80. The Kier molecular flexibility index (Phi) is 3.29. The van der Waals surface area contributed by atoms with E-state index in [1.54, 1.807) is 17.5 Å². The fourth-order valence-corrected chi connectivity index (χ4v) is 2.68. The molecule has 4 nitrogen and oxygen atoms in total. The number of hydrogen-bond acceptors (Lipinski definition) is 4. The molecule has 0 radical (unpaired) electrons. The molecule has 0 saturated heterocycles. The van der Waals surface area contributed by atoms with Crippen molar-refractivity contribution in [1.82, 2.24) is 14.5 Å². The van der Waals surface area contributed by atoms with Crippen LogP contribution in [-0.2, 0) is 13.0 Å². The summed E-state index contributed by atoms with van der Waals surface area (Å²) < 4.78 is 2.14. The first-order valence-corrected chi connectivity index (χ1v) is 7.00. The van der Waals surface area contributed by atoms with Crippen molar-refractivity contribution in [1.29, 1.82) is 0 Å². The topological polar surface area (TPSA) is 56.7 Å². The van der Waals surface area contributed by atoms with Crippen molar-refractivity contribution >= 4 is 17.2 Å². The number of nitrogens with two attached hydrogens (primary N) is 1. The molecule has 0 amide bonds. The fraction of sp³-hybridized carbons (Fsp3) is 0.143. The lowest BCUT2D eigenvalue weighted by molar-refractivity contribution is 0.703. The van der Waals surface area contributed by atoms with Crippen LogP contribution in [0.3, 0.4) is 0 Å². The molecule has 0 fully saturated rings. The molecule has 0 saturated carbocycles. The molecule has 0 aliphatic rings. The number of rotatable bonds is 4. The summed E-state index contributed by atoms with van der Waals surface area (Å²) in [5.41, 5.74) is 9.08. The molecule has 0 aliphatic carbocycles. The lowest BCUT2D eigenvalue weighted by Gasteiger charge is -2.07. The number of aryl methyl sites for hydroxylation is 2. The summed E-state index contributed by atoms with van der Waals surface area (Å²) in [7, 11) is 0. The molecule has 2 N–H and O–H groups in total. The standard InChI is InChI=1S/C14H14N4S/c15-14-2-1-12(7-17-14)13-8-16-10-18(13)5-3-11-4-6-19-9-11/h1-2,4,6-10H,3,5H2,(H2,15,17). The van der Waals surface area contributed by atoms with Crippen molar-refractivity contribution in [3.63, 3.8) is 0 Å². The van der Waals surface area contributed by atoms with Crippen LogP contribution in [0.4, 0.5) is 5.82 Å². The minimum atomic E-state index is 0.535. The number of nitrogens with zero attached hydrogens (tertiary/aromatic N) is 3. The minimum Gasteiger partial charge on any atom is -0.384 e. The summed E-state index contributed by atoms with van der Waals surface area (Å²) in [6, 6.07) is 5.94. The fourth-order valence-electron chi connectivity index (χ4n) is 1.98. The first kappa shape index (κ1) is 11.9. The molecule has 0 aromatic carbocycles. The summed E-state index contributed by atoms with van der Waals surface area (Å²) in [5.74, 6) is 0.535. The Labute approximate surface area is 115 Å². The van der Waals surface area contributed by atoms with E-state index in [2.05, 4.69) is 31.4 Å². The van der Waals surface area contributed by atoms with Gasteiger partial charge in [0.15, 0.2) is 0 Å². The van der Waals surface area contributed by atoms with Gasteiger partial charge in [-0.1, -0.05) is 0 Å². The number of nitrogen functional groups attached to an aromatic ring is 1. The molecule has 0 spiro atoms. The molecule has 0 bridgehead atoms. The van der Waals surface area contributed by atoms with Gasteiger partial charge in [-0.25, -0.2) is 9.97 Å². The van der Waals surface area contributed by atoms with Crippen molar-refractivity contribution < 1.29 is 0 Å². The van der Waals surface area contributed by atoms with Gasteiger partial charge in [-0.15, -0.1) is 0 Å². The van der Waals surface area contributed by atoms with Gasteiger partial charge in [-0.3, -0.25) is 0 Å². The van der Waals surface area contributed by atoms with E-state index >= 15 is 0 Å². The average Bonchev–Trinajstić information content (AvgIpc) is 3.08. The molecule has 19 heavy (non-hydrogen) atoms. The van der Waals surface area contributed by atoms with Crippen molar-refractivity contribution in [3.05, 3.63) is 53.2 Å². The maximum absolute atomic E-state index is 5.61. The van der Waals surface area contributed by atoms with E-state index in [0.29, 0.717) is 5.82 Å². The van der Waals surface area contributed by atoms with Crippen LogP contribution in [0.25, 0.3) is 11.3 Å². The Morgan fingerprint density at radius 1 is 1.21 bits per heavy atom. The normalized spacial score (nSPS) is 10.7. The smallest absolute Gasteiger partial charge is 0.123 e. The van der Waals surface area contributed by atoms with Crippen LogP contribution in [-0.4, -0.2) is 14.5 Å². The largest absolute Gasteiger partial charge is 0.384 e. The monoisotopic (exact) mass is 270 g/mol. The van der Waals surface area contributed by atoms with Crippen LogP contribution in [0.2, 0.25) is 0 Å². The first-order valence-electron chi connectivity index (χ1n) is 6.06. The maximum Gasteiger partial charge on any atom is 0.123 e. The summed E-state index contributed by atoms with van der Waals surface area (Å²) >= 11 is 1.73. The van der Waals surface area contributed by atoms with Gasteiger partial charge in [0.25, 0.3) is 0 Å². The number of aromatic nitrogens is 3. The third-order valence-corrected chi connectivity index (χ3v) is 3.75. The Morgan fingerprint density at radius 2 is 2.16 bits per heavy atom. The van der Waals surface area contributed by atoms with E-state index < -0.39 is 0 Å². The van der Waals surface area contributed by atoms with Crippen LogP contribution in [0.1, 0.15) is 5.56 Å². The molecule has 96 valence electrons. The summed E-state index contributed by atoms with van der Waals surface area (Å²) in [6.45, 7) is 0.913. The van der Waals surface area contributed by atoms with E-state index in [1.807, 2.05) is 24.7 Å². The van der Waals surface area contributed by atoms with Gasteiger partial charge in [-0.05, 0) is 40.9 Å². The van der Waals surface area contributed by atoms with Gasteiger partial charge in [0, 0.05) is 18.3 Å².